The van der Waals surface area contributed by atoms with E-state index in [0.29, 0.717) is 0 Å². The van der Waals surface area contributed by atoms with Crippen LogP contribution in [-0.2, 0) is 20.1 Å². The third-order valence-electron chi connectivity index (χ3n) is 6.24. The third-order valence-corrected chi connectivity index (χ3v) is 9.25. The Balaban J connectivity index is 1.85. The summed E-state index contributed by atoms with van der Waals surface area (Å²) in [7, 11) is -3.77. The summed E-state index contributed by atoms with van der Waals surface area (Å²) in [6.45, 7) is 8.79. The maximum absolute atomic E-state index is 15.1. The monoisotopic (exact) mass is 450 g/mol. The predicted molar refractivity (Wildman–Crippen MR) is 111 cm³/mol. The SMILES string of the molecule is C=C1N[C@@]2(c3cc(Oc4ncccc4F)ccc3F)CO[C@@H](C)C[C@H]2S(=O)(=O)C1(C)C. The average Bonchev–Trinajstić information content (AvgIpc) is 2.71. The molecule has 3 heterocycles. The summed E-state index contributed by atoms with van der Waals surface area (Å²) in [6.07, 6.45) is 1.24. The Kier molecular flexibility index (Phi) is 5.09. The number of rotatable bonds is 3. The smallest absolute Gasteiger partial charge is 0.255 e. The van der Waals surface area contributed by atoms with Gasteiger partial charge in [-0.15, -0.1) is 0 Å². The first-order chi connectivity index (χ1) is 14.5. The molecule has 2 aliphatic rings. The van der Waals surface area contributed by atoms with E-state index in [1.807, 2.05) is 0 Å². The second-order valence-corrected chi connectivity index (χ2v) is 11.2. The topological polar surface area (TPSA) is 77.5 Å². The Hall–Kier alpha value is -2.52. The van der Waals surface area contributed by atoms with E-state index in [1.165, 1.54) is 30.5 Å². The van der Waals surface area contributed by atoms with Crippen LogP contribution in [0.5, 0.6) is 11.6 Å². The number of ether oxygens (including phenoxy) is 2. The number of pyridine rings is 1. The lowest BCUT2D eigenvalue weighted by molar-refractivity contribution is -0.0314. The van der Waals surface area contributed by atoms with E-state index >= 15 is 4.39 Å². The van der Waals surface area contributed by atoms with Gasteiger partial charge in [0.2, 0.25) is 0 Å². The van der Waals surface area contributed by atoms with Crippen LogP contribution in [0.1, 0.15) is 32.8 Å². The summed E-state index contributed by atoms with van der Waals surface area (Å²) in [5, 5.41) is 2.22. The van der Waals surface area contributed by atoms with Gasteiger partial charge >= 0.3 is 0 Å². The van der Waals surface area contributed by atoms with E-state index in [0.717, 1.165) is 6.07 Å². The number of hydrogen-bond acceptors (Lipinski definition) is 6. The Morgan fingerprint density at radius 1 is 1.26 bits per heavy atom. The van der Waals surface area contributed by atoms with Crippen molar-refractivity contribution < 1.29 is 26.7 Å². The number of benzene rings is 1. The lowest BCUT2D eigenvalue weighted by Crippen LogP contribution is -2.69. The van der Waals surface area contributed by atoms with E-state index in [1.54, 1.807) is 20.8 Å². The molecule has 0 amide bonds. The second kappa shape index (κ2) is 7.27. The van der Waals surface area contributed by atoms with E-state index in [-0.39, 0.29) is 42.0 Å². The van der Waals surface area contributed by atoms with Gasteiger partial charge in [0.1, 0.15) is 21.9 Å². The van der Waals surface area contributed by atoms with Gasteiger partial charge in [-0.2, -0.15) is 0 Å². The van der Waals surface area contributed by atoms with Crippen LogP contribution in [0.2, 0.25) is 0 Å². The van der Waals surface area contributed by atoms with Crippen LogP contribution in [0.15, 0.2) is 48.8 Å². The van der Waals surface area contributed by atoms with E-state index in [9.17, 15) is 12.8 Å². The second-order valence-electron chi connectivity index (χ2n) is 8.51. The number of hydrogen-bond donors (Lipinski definition) is 1. The van der Waals surface area contributed by atoms with Crippen molar-refractivity contribution in [2.75, 3.05) is 6.61 Å². The summed E-state index contributed by atoms with van der Waals surface area (Å²) in [4.78, 5) is 3.84. The number of nitrogens with zero attached hydrogens (tertiary/aromatic N) is 1. The lowest BCUT2D eigenvalue weighted by Gasteiger charge is -2.54. The molecule has 2 aromatic rings. The summed E-state index contributed by atoms with van der Waals surface area (Å²) in [5.41, 5.74) is -1.09. The molecule has 0 aliphatic carbocycles. The van der Waals surface area contributed by atoms with Crippen LogP contribution < -0.4 is 10.1 Å². The molecule has 0 unspecified atom stereocenters. The maximum Gasteiger partial charge on any atom is 0.255 e. The highest BCUT2D eigenvalue weighted by atomic mass is 32.2. The molecular weight excluding hydrogens is 426 g/mol. The van der Waals surface area contributed by atoms with Crippen molar-refractivity contribution in [1.29, 1.82) is 0 Å². The zero-order valence-corrected chi connectivity index (χ0v) is 18.3. The largest absolute Gasteiger partial charge is 0.436 e. The molecule has 1 N–H and O–H groups in total. The fourth-order valence-electron chi connectivity index (χ4n) is 4.18. The normalized spacial score (nSPS) is 29.0. The fraction of sp³-hybridized carbons (Fsp3) is 0.409. The molecule has 1 aromatic heterocycles. The van der Waals surface area contributed by atoms with Crippen LogP contribution in [0.3, 0.4) is 0 Å². The Morgan fingerprint density at radius 2 is 2.00 bits per heavy atom. The molecule has 2 aliphatic heterocycles. The standard InChI is InChI=1S/C22H24F2N2O4S/c1-13-10-19-22(12-29-13,26-14(2)21(3,4)31(19,27)28)16-11-15(7-8-17(16)23)30-20-18(24)6-5-9-25-20/h5-9,11,13,19,26H,2,10,12H2,1,3-4H3/t13-,19+,22+/m0/s1. The molecule has 0 spiro atoms. The van der Waals surface area contributed by atoms with Crippen LogP contribution in [0, 0.1) is 11.6 Å². The van der Waals surface area contributed by atoms with Gasteiger partial charge in [-0.25, -0.2) is 22.2 Å². The number of nitrogens with one attached hydrogen (secondary N) is 1. The van der Waals surface area contributed by atoms with Crippen molar-refractivity contribution in [3.63, 3.8) is 0 Å². The molecule has 0 saturated carbocycles. The van der Waals surface area contributed by atoms with Crippen molar-refractivity contribution in [2.45, 2.75) is 48.8 Å². The van der Waals surface area contributed by atoms with Gasteiger partial charge in [0.15, 0.2) is 15.7 Å². The average molecular weight is 451 g/mol. The first-order valence-corrected chi connectivity index (χ1v) is 11.4. The summed E-state index contributed by atoms with van der Waals surface area (Å²) in [5.74, 6) is -1.45. The molecule has 6 nitrogen and oxygen atoms in total. The molecule has 31 heavy (non-hydrogen) atoms. The molecule has 2 saturated heterocycles. The number of fused-ring (bicyclic) bond motifs is 1. The third kappa shape index (κ3) is 3.30. The van der Waals surface area contributed by atoms with Gasteiger partial charge in [-0.05, 0) is 57.5 Å². The minimum atomic E-state index is -3.77. The minimum absolute atomic E-state index is 0.0541. The van der Waals surface area contributed by atoms with Crippen molar-refractivity contribution in [3.05, 3.63) is 66.0 Å². The lowest BCUT2D eigenvalue weighted by atomic mass is 9.81. The minimum Gasteiger partial charge on any atom is -0.436 e. The molecule has 3 atom stereocenters. The van der Waals surface area contributed by atoms with Crippen LogP contribution >= 0.6 is 0 Å². The van der Waals surface area contributed by atoms with Crippen molar-refractivity contribution >= 4 is 9.84 Å². The van der Waals surface area contributed by atoms with Crippen molar-refractivity contribution in [1.82, 2.24) is 10.3 Å². The van der Waals surface area contributed by atoms with Crippen LogP contribution in [0.4, 0.5) is 8.78 Å². The number of aromatic nitrogens is 1. The Bertz CT molecular complexity index is 1150. The van der Waals surface area contributed by atoms with Crippen molar-refractivity contribution in [3.8, 4) is 11.6 Å². The number of sulfone groups is 1. The molecule has 4 rings (SSSR count). The quantitative estimate of drug-likeness (QED) is 0.766. The Labute approximate surface area is 180 Å². The molecule has 0 radical (unpaired) electrons. The molecular formula is C22H24F2N2O4S. The zero-order chi connectivity index (χ0) is 22.6. The summed E-state index contributed by atoms with van der Waals surface area (Å²) < 4.78 is 66.3. The van der Waals surface area contributed by atoms with E-state index < -0.39 is 37.0 Å². The highest BCUT2D eigenvalue weighted by Crippen LogP contribution is 2.48. The van der Waals surface area contributed by atoms with Crippen LogP contribution in [-0.4, -0.2) is 36.1 Å². The molecule has 2 fully saturated rings. The van der Waals surface area contributed by atoms with Gasteiger partial charge in [0.25, 0.3) is 5.88 Å². The van der Waals surface area contributed by atoms with Crippen molar-refractivity contribution in [2.24, 2.45) is 0 Å². The van der Waals surface area contributed by atoms with Crippen LogP contribution in [0.25, 0.3) is 0 Å². The highest BCUT2D eigenvalue weighted by molar-refractivity contribution is 7.93. The van der Waals surface area contributed by atoms with Gasteiger partial charge in [0.05, 0.1) is 18.0 Å². The highest BCUT2D eigenvalue weighted by Gasteiger charge is 2.61. The first kappa shape index (κ1) is 21.7. The Morgan fingerprint density at radius 3 is 2.71 bits per heavy atom. The van der Waals surface area contributed by atoms with Gasteiger partial charge < -0.3 is 14.8 Å². The van der Waals surface area contributed by atoms with E-state index in [2.05, 4.69) is 16.9 Å². The van der Waals surface area contributed by atoms with E-state index in [4.69, 9.17) is 9.47 Å². The molecule has 9 heteroatoms. The zero-order valence-electron chi connectivity index (χ0n) is 17.5. The molecule has 166 valence electrons. The first-order valence-electron chi connectivity index (χ1n) is 9.90. The molecule has 1 aromatic carbocycles. The number of halogens is 2. The fourth-order valence-corrected chi connectivity index (χ4v) is 6.59. The van der Waals surface area contributed by atoms with Gasteiger partial charge in [-0.1, -0.05) is 6.58 Å². The predicted octanol–water partition coefficient (Wildman–Crippen LogP) is 3.84. The summed E-state index contributed by atoms with van der Waals surface area (Å²) in [6, 6.07) is 6.48. The van der Waals surface area contributed by atoms with Gasteiger partial charge in [-0.3, -0.25) is 0 Å². The molecule has 0 bridgehead atoms. The maximum atomic E-state index is 15.1. The summed E-state index contributed by atoms with van der Waals surface area (Å²) >= 11 is 0. The van der Waals surface area contributed by atoms with Gasteiger partial charge in [0, 0.05) is 17.5 Å².